The Bertz CT molecular complexity index is 1650. The van der Waals surface area contributed by atoms with Crippen LogP contribution < -0.4 is 5.73 Å². The molecule has 2 N–H and O–H groups in total. The standard InChI is InChI=1S/C34H39N5O/c1-6-7-8-12-31-27(35)19-32(40-31)23(5)14-13-22(4)30-20-38-28-11-9-10-25(34(28)39-30)26-17-24(21(2)3)18-29-33(26)37-16-15-36-29/h8-12,15-23H,6-7,13-14,35H2,1-5H3/b12-8-. The van der Waals surface area contributed by atoms with Crippen LogP contribution in [-0.4, -0.2) is 19.9 Å². The number of anilines is 1. The van der Waals surface area contributed by atoms with Crippen LogP contribution >= 0.6 is 0 Å². The van der Waals surface area contributed by atoms with Crippen molar-refractivity contribution in [2.45, 2.75) is 78.1 Å². The zero-order valence-electron chi connectivity index (χ0n) is 24.2. The number of para-hydroxylation sites is 1. The number of nitrogen functional groups attached to an aromatic ring is 1. The zero-order valence-corrected chi connectivity index (χ0v) is 24.2. The van der Waals surface area contributed by atoms with Crippen molar-refractivity contribution in [1.82, 2.24) is 19.9 Å². The topological polar surface area (TPSA) is 90.7 Å². The molecule has 0 saturated heterocycles. The van der Waals surface area contributed by atoms with Crippen LogP contribution in [0.15, 0.2) is 65.5 Å². The quantitative estimate of drug-likeness (QED) is 0.192. The zero-order chi connectivity index (χ0) is 28.2. The van der Waals surface area contributed by atoms with E-state index in [2.05, 4.69) is 63.9 Å². The van der Waals surface area contributed by atoms with Crippen molar-refractivity contribution < 1.29 is 4.42 Å². The van der Waals surface area contributed by atoms with Gasteiger partial charge in [0.2, 0.25) is 0 Å². The van der Waals surface area contributed by atoms with Gasteiger partial charge in [0.15, 0.2) is 0 Å². The minimum absolute atomic E-state index is 0.238. The molecule has 0 aliphatic heterocycles. The Hall–Kier alpha value is -4.06. The van der Waals surface area contributed by atoms with Gasteiger partial charge in [-0.1, -0.05) is 59.2 Å². The van der Waals surface area contributed by atoms with Gasteiger partial charge in [0.05, 0.1) is 33.4 Å². The van der Waals surface area contributed by atoms with Gasteiger partial charge >= 0.3 is 0 Å². The highest BCUT2D eigenvalue weighted by molar-refractivity contribution is 6.00. The summed E-state index contributed by atoms with van der Waals surface area (Å²) in [5, 5.41) is 0. The average molecular weight is 534 g/mol. The fourth-order valence-electron chi connectivity index (χ4n) is 5.10. The molecule has 3 aromatic heterocycles. The minimum Gasteiger partial charge on any atom is -0.459 e. The number of aromatic nitrogens is 4. The minimum atomic E-state index is 0.238. The highest BCUT2D eigenvalue weighted by Crippen LogP contribution is 2.35. The Morgan fingerprint density at radius 1 is 0.875 bits per heavy atom. The van der Waals surface area contributed by atoms with E-state index in [1.165, 1.54) is 5.56 Å². The smallest absolute Gasteiger partial charge is 0.149 e. The first-order chi connectivity index (χ1) is 19.4. The molecule has 0 radical (unpaired) electrons. The highest BCUT2D eigenvalue weighted by Gasteiger charge is 2.18. The molecule has 5 rings (SSSR count). The van der Waals surface area contributed by atoms with Gasteiger partial charge in [0, 0.05) is 41.7 Å². The molecule has 0 aliphatic carbocycles. The maximum Gasteiger partial charge on any atom is 0.149 e. The lowest BCUT2D eigenvalue weighted by Gasteiger charge is -2.16. The van der Waals surface area contributed by atoms with Gasteiger partial charge in [-0.2, -0.15) is 0 Å². The van der Waals surface area contributed by atoms with Gasteiger partial charge in [0.1, 0.15) is 11.5 Å². The summed E-state index contributed by atoms with van der Waals surface area (Å²) in [7, 11) is 0. The summed E-state index contributed by atoms with van der Waals surface area (Å²) in [6.07, 6.45) is 13.6. The molecule has 0 fully saturated rings. The Balaban J connectivity index is 1.42. The molecule has 0 saturated carbocycles. The first-order valence-corrected chi connectivity index (χ1v) is 14.4. The van der Waals surface area contributed by atoms with Crippen LogP contribution in [0.2, 0.25) is 0 Å². The van der Waals surface area contributed by atoms with Crippen LogP contribution in [0.1, 0.15) is 101 Å². The molecule has 0 aliphatic rings. The van der Waals surface area contributed by atoms with E-state index in [1.54, 1.807) is 12.4 Å². The normalized spacial score (nSPS) is 13.6. The van der Waals surface area contributed by atoms with E-state index in [1.807, 2.05) is 30.5 Å². The number of hydrogen-bond donors (Lipinski definition) is 1. The number of allylic oxidation sites excluding steroid dienone is 1. The van der Waals surface area contributed by atoms with Crippen LogP contribution in [0, 0.1) is 0 Å². The summed E-state index contributed by atoms with van der Waals surface area (Å²) in [6.45, 7) is 11.0. The summed E-state index contributed by atoms with van der Waals surface area (Å²) >= 11 is 0. The number of nitrogens with two attached hydrogens (primary N) is 1. The SMILES string of the molecule is CCC/C=C\c1oc(C(C)CCC(C)c2cnc3cccc(-c4cc(C(C)C)cc5nccnc45)c3n2)cc1N. The number of fused-ring (bicyclic) bond motifs is 2. The van der Waals surface area contributed by atoms with Gasteiger partial charge in [-0.15, -0.1) is 0 Å². The molecule has 40 heavy (non-hydrogen) atoms. The van der Waals surface area contributed by atoms with Crippen molar-refractivity contribution in [3.63, 3.8) is 0 Å². The lowest BCUT2D eigenvalue weighted by atomic mass is 9.93. The van der Waals surface area contributed by atoms with E-state index < -0.39 is 0 Å². The van der Waals surface area contributed by atoms with E-state index in [0.717, 1.165) is 76.1 Å². The summed E-state index contributed by atoms with van der Waals surface area (Å²) in [4.78, 5) is 19.3. The third kappa shape index (κ3) is 5.76. The molecular weight excluding hydrogens is 494 g/mol. The summed E-state index contributed by atoms with van der Waals surface area (Å²) in [5.41, 5.74) is 14.8. The van der Waals surface area contributed by atoms with E-state index in [4.69, 9.17) is 25.1 Å². The molecule has 6 nitrogen and oxygen atoms in total. The van der Waals surface area contributed by atoms with Gasteiger partial charge in [-0.05, 0) is 60.9 Å². The average Bonchev–Trinajstić information content (AvgIpc) is 3.34. The Morgan fingerprint density at radius 3 is 2.48 bits per heavy atom. The first-order valence-electron chi connectivity index (χ1n) is 14.4. The number of hydrogen-bond acceptors (Lipinski definition) is 6. The van der Waals surface area contributed by atoms with E-state index in [9.17, 15) is 0 Å². The van der Waals surface area contributed by atoms with Crippen molar-refractivity contribution >= 4 is 33.8 Å². The van der Waals surface area contributed by atoms with Gasteiger partial charge < -0.3 is 10.2 Å². The van der Waals surface area contributed by atoms with Crippen LogP contribution in [-0.2, 0) is 0 Å². The summed E-state index contributed by atoms with van der Waals surface area (Å²) < 4.78 is 6.09. The molecule has 0 amide bonds. The molecular formula is C34H39N5O. The number of nitrogens with zero attached hydrogens (tertiary/aromatic N) is 4. The molecule has 0 spiro atoms. The van der Waals surface area contributed by atoms with Gasteiger partial charge in [-0.25, -0.2) is 4.98 Å². The molecule has 2 atom stereocenters. The lowest BCUT2D eigenvalue weighted by molar-refractivity contribution is 0.441. The van der Waals surface area contributed by atoms with Gasteiger partial charge in [-0.3, -0.25) is 15.0 Å². The predicted molar refractivity (Wildman–Crippen MR) is 165 cm³/mol. The largest absolute Gasteiger partial charge is 0.459 e. The molecule has 2 aromatic carbocycles. The number of rotatable bonds is 10. The Labute approximate surface area is 236 Å². The van der Waals surface area contributed by atoms with E-state index in [0.29, 0.717) is 11.6 Å². The Morgan fingerprint density at radius 2 is 1.68 bits per heavy atom. The van der Waals surface area contributed by atoms with Crippen molar-refractivity contribution in [1.29, 1.82) is 0 Å². The second-order valence-corrected chi connectivity index (χ2v) is 11.2. The summed E-state index contributed by atoms with van der Waals surface area (Å²) in [5.74, 6) is 2.56. The first kappa shape index (κ1) is 27.5. The molecule has 3 heterocycles. The predicted octanol–water partition coefficient (Wildman–Crippen LogP) is 9.04. The third-order valence-corrected chi connectivity index (χ3v) is 7.70. The van der Waals surface area contributed by atoms with Crippen LogP contribution in [0.25, 0.3) is 39.3 Å². The molecule has 0 bridgehead atoms. The van der Waals surface area contributed by atoms with Crippen molar-refractivity contribution in [2.24, 2.45) is 0 Å². The maximum atomic E-state index is 6.21. The molecule has 206 valence electrons. The fourth-order valence-corrected chi connectivity index (χ4v) is 5.10. The summed E-state index contributed by atoms with van der Waals surface area (Å²) in [6, 6.07) is 12.5. The Kier molecular flexibility index (Phi) is 8.24. The maximum absolute atomic E-state index is 6.21. The second kappa shape index (κ2) is 12.0. The lowest BCUT2D eigenvalue weighted by Crippen LogP contribution is -2.02. The van der Waals surface area contributed by atoms with E-state index in [-0.39, 0.29) is 11.8 Å². The number of unbranched alkanes of at least 4 members (excludes halogenated alkanes) is 1. The number of furan rings is 1. The highest BCUT2D eigenvalue weighted by atomic mass is 16.3. The van der Waals surface area contributed by atoms with Crippen molar-refractivity contribution in [3.05, 3.63) is 83.8 Å². The molecule has 2 unspecified atom stereocenters. The van der Waals surface area contributed by atoms with E-state index >= 15 is 0 Å². The third-order valence-electron chi connectivity index (χ3n) is 7.70. The van der Waals surface area contributed by atoms with Crippen LogP contribution in [0.4, 0.5) is 5.69 Å². The molecule has 6 heteroatoms. The number of benzene rings is 2. The van der Waals surface area contributed by atoms with Crippen molar-refractivity contribution in [3.8, 4) is 11.1 Å². The van der Waals surface area contributed by atoms with Gasteiger partial charge in [0.25, 0.3) is 0 Å². The second-order valence-electron chi connectivity index (χ2n) is 11.2. The fraction of sp³-hybridized carbons (Fsp3) is 0.353. The van der Waals surface area contributed by atoms with Crippen LogP contribution in [0.3, 0.4) is 0 Å². The van der Waals surface area contributed by atoms with Crippen LogP contribution in [0.5, 0.6) is 0 Å². The van der Waals surface area contributed by atoms with Crippen molar-refractivity contribution in [2.75, 3.05) is 5.73 Å². The monoisotopic (exact) mass is 533 g/mol. The molecule has 5 aromatic rings.